The zero-order chi connectivity index (χ0) is 15.7. The van der Waals surface area contributed by atoms with Crippen LogP contribution in [0.2, 0.25) is 0 Å². The van der Waals surface area contributed by atoms with Gasteiger partial charge in [0, 0.05) is 28.3 Å². The van der Waals surface area contributed by atoms with Gasteiger partial charge in [0.1, 0.15) is 5.82 Å². The highest BCUT2D eigenvalue weighted by Crippen LogP contribution is 2.20. The van der Waals surface area contributed by atoms with Gasteiger partial charge in [0.25, 0.3) is 0 Å². The van der Waals surface area contributed by atoms with Crippen molar-refractivity contribution < 1.29 is 0 Å². The first-order chi connectivity index (χ1) is 10.2. The van der Waals surface area contributed by atoms with Gasteiger partial charge in [0.15, 0.2) is 5.82 Å². The zero-order valence-corrected chi connectivity index (χ0v) is 14.1. The summed E-state index contributed by atoms with van der Waals surface area (Å²) in [6.07, 6.45) is 0.455. The Labute approximate surface area is 134 Å². The van der Waals surface area contributed by atoms with E-state index in [9.17, 15) is 0 Å². The van der Waals surface area contributed by atoms with E-state index in [1.54, 1.807) is 0 Å². The zero-order valence-electron chi connectivity index (χ0n) is 12.5. The number of nitriles is 1. The summed E-state index contributed by atoms with van der Waals surface area (Å²) in [5.41, 5.74) is 1.86. The fourth-order valence-corrected chi connectivity index (χ4v) is 1.90. The van der Waals surface area contributed by atoms with Crippen LogP contribution in [-0.2, 0) is 0 Å². The number of anilines is 1. The monoisotopic (exact) mass is 346 g/mol. The lowest BCUT2D eigenvalue weighted by molar-refractivity contribution is 1.03. The lowest BCUT2D eigenvalue weighted by Crippen LogP contribution is -2.04. The molecule has 0 atom stereocenters. The molecule has 0 spiro atoms. The molecule has 0 saturated heterocycles. The smallest absolute Gasteiger partial charge is 0.161 e. The van der Waals surface area contributed by atoms with E-state index >= 15 is 0 Å². The van der Waals surface area contributed by atoms with E-state index < -0.39 is 0 Å². The van der Waals surface area contributed by atoms with E-state index in [2.05, 4.69) is 37.3 Å². The summed E-state index contributed by atoms with van der Waals surface area (Å²) in [7, 11) is 0. The average molecular weight is 347 g/mol. The van der Waals surface area contributed by atoms with Crippen LogP contribution in [-0.4, -0.2) is 16.5 Å². The summed E-state index contributed by atoms with van der Waals surface area (Å²) < 4.78 is 1.02. The first kappa shape index (κ1) is 17.1. The van der Waals surface area contributed by atoms with Crippen molar-refractivity contribution in [1.29, 1.82) is 5.26 Å². The number of aromatic nitrogens is 2. The number of halogens is 1. The minimum absolute atomic E-state index is 0.455. The summed E-state index contributed by atoms with van der Waals surface area (Å²) in [6, 6.07) is 11.8. The summed E-state index contributed by atoms with van der Waals surface area (Å²) in [5.74, 6) is 1.44. The maximum absolute atomic E-state index is 8.53. The highest BCUT2D eigenvalue weighted by Gasteiger charge is 2.04. The number of aryl methyl sites for hydroxylation is 1. The summed E-state index contributed by atoms with van der Waals surface area (Å²) in [4.78, 5) is 8.89. The van der Waals surface area contributed by atoms with E-state index in [-0.39, 0.29) is 0 Å². The molecule has 0 aliphatic rings. The van der Waals surface area contributed by atoms with Crippen molar-refractivity contribution in [2.45, 2.75) is 27.2 Å². The summed E-state index contributed by atoms with van der Waals surface area (Å²) in [6.45, 7) is 6.52. The van der Waals surface area contributed by atoms with Gasteiger partial charge < -0.3 is 5.32 Å². The lowest BCUT2D eigenvalue weighted by Gasteiger charge is -2.07. The third-order valence-corrected chi connectivity index (χ3v) is 3.03. The van der Waals surface area contributed by atoms with Crippen LogP contribution in [0.5, 0.6) is 0 Å². The Hall–Kier alpha value is -1.93. The van der Waals surface area contributed by atoms with Crippen molar-refractivity contribution in [1.82, 2.24) is 9.97 Å². The summed E-state index contributed by atoms with van der Waals surface area (Å²) >= 11 is 3.41. The van der Waals surface area contributed by atoms with Crippen LogP contribution in [0.4, 0.5) is 5.82 Å². The van der Waals surface area contributed by atoms with Crippen molar-refractivity contribution >= 4 is 21.7 Å². The molecule has 21 heavy (non-hydrogen) atoms. The van der Waals surface area contributed by atoms with Gasteiger partial charge in [-0.15, -0.1) is 0 Å². The van der Waals surface area contributed by atoms with Gasteiger partial charge in [0.05, 0.1) is 12.5 Å². The van der Waals surface area contributed by atoms with Crippen molar-refractivity contribution in [3.05, 3.63) is 40.5 Å². The number of rotatable bonds is 4. The molecule has 4 nitrogen and oxygen atoms in total. The second-order valence-corrected chi connectivity index (χ2v) is 4.98. The number of benzene rings is 1. The van der Waals surface area contributed by atoms with Crippen molar-refractivity contribution in [2.24, 2.45) is 0 Å². The van der Waals surface area contributed by atoms with Crippen LogP contribution in [0.25, 0.3) is 11.4 Å². The average Bonchev–Trinajstić information content (AvgIpc) is 2.50. The van der Waals surface area contributed by atoms with Gasteiger partial charge in [-0.25, -0.2) is 9.97 Å². The highest BCUT2D eigenvalue weighted by molar-refractivity contribution is 9.10. The molecule has 0 aliphatic carbocycles. The SMILES string of the molecule is CC.Cc1cc(NCCC#N)nc(-c2ccc(Br)cc2)n1. The Bertz CT molecular complexity index is 603. The van der Waals surface area contributed by atoms with E-state index in [0.717, 1.165) is 21.5 Å². The Morgan fingerprint density at radius 1 is 1.19 bits per heavy atom. The molecule has 2 rings (SSSR count). The molecule has 1 heterocycles. The number of nitrogens with one attached hydrogen (secondary N) is 1. The molecule has 0 saturated carbocycles. The first-order valence-electron chi connectivity index (χ1n) is 6.91. The molecule has 110 valence electrons. The molecule has 0 fully saturated rings. The fraction of sp³-hybridized carbons (Fsp3) is 0.312. The van der Waals surface area contributed by atoms with Crippen LogP contribution in [0.15, 0.2) is 34.8 Å². The molecule has 2 aromatic rings. The molecule has 1 N–H and O–H groups in total. The molecule has 0 aliphatic heterocycles. The normalized spacial score (nSPS) is 9.29. The number of hydrogen-bond donors (Lipinski definition) is 1. The second-order valence-electron chi connectivity index (χ2n) is 4.06. The molecule has 1 aromatic heterocycles. The van der Waals surface area contributed by atoms with Crippen LogP contribution in [0.1, 0.15) is 26.0 Å². The Morgan fingerprint density at radius 2 is 1.86 bits per heavy atom. The molecule has 5 heteroatoms. The van der Waals surface area contributed by atoms with Gasteiger partial charge in [0.2, 0.25) is 0 Å². The standard InChI is InChI=1S/C14H13BrN4.C2H6/c1-10-9-13(17-8-2-7-16)19-14(18-10)11-3-5-12(15)6-4-11;1-2/h3-6,9H,2,8H2,1H3,(H,17,18,19);1-2H3. The quantitative estimate of drug-likeness (QED) is 0.823. The Morgan fingerprint density at radius 3 is 2.48 bits per heavy atom. The van der Waals surface area contributed by atoms with Crippen molar-refractivity contribution in [3.8, 4) is 17.5 Å². The minimum Gasteiger partial charge on any atom is -0.369 e. The third-order valence-electron chi connectivity index (χ3n) is 2.50. The van der Waals surface area contributed by atoms with E-state index in [4.69, 9.17) is 5.26 Å². The van der Waals surface area contributed by atoms with Crippen molar-refractivity contribution in [2.75, 3.05) is 11.9 Å². The third kappa shape index (κ3) is 5.52. The van der Waals surface area contributed by atoms with Crippen LogP contribution < -0.4 is 5.32 Å². The molecule has 0 amide bonds. The topological polar surface area (TPSA) is 61.6 Å². The maximum atomic E-state index is 8.53. The van der Waals surface area contributed by atoms with E-state index in [1.807, 2.05) is 51.1 Å². The lowest BCUT2D eigenvalue weighted by atomic mass is 10.2. The summed E-state index contributed by atoms with van der Waals surface area (Å²) in [5, 5.41) is 11.7. The molecule has 0 radical (unpaired) electrons. The van der Waals surface area contributed by atoms with Crippen LogP contribution in [0, 0.1) is 18.3 Å². The molecule has 0 bridgehead atoms. The molecular formula is C16H19BrN4. The van der Waals surface area contributed by atoms with Crippen LogP contribution in [0.3, 0.4) is 0 Å². The fourth-order valence-electron chi connectivity index (χ4n) is 1.63. The maximum Gasteiger partial charge on any atom is 0.161 e. The number of nitrogens with zero attached hydrogens (tertiary/aromatic N) is 3. The Kier molecular flexibility index (Phi) is 7.41. The largest absolute Gasteiger partial charge is 0.369 e. The minimum atomic E-state index is 0.455. The predicted molar refractivity (Wildman–Crippen MR) is 90.0 cm³/mol. The second kappa shape index (κ2) is 9.09. The predicted octanol–water partition coefficient (Wildman–Crippen LogP) is 4.57. The van der Waals surface area contributed by atoms with E-state index in [0.29, 0.717) is 18.8 Å². The van der Waals surface area contributed by atoms with Gasteiger partial charge in [-0.3, -0.25) is 0 Å². The van der Waals surface area contributed by atoms with Crippen molar-refractivity contribution in [3.63, 3.8) is 0 Å². The molecular weight excluding hydrogens is 328 g/mol. The van der Waals surface area contributed by atoms with Gasteiger partial charge >= 0.3 is 0 Å². The van der Waals surface area contributed by atoms with Crippen LogP contribution >= 0.6 is 15.9 Å². The first-order valence-corrected chi connectivity index (χ1v) is 7.71. The molecule has 0 unspecified atom stereocenters. The van der Waals surface area contributed by atoms with Gasteiger partial charge in [-0.05, 0) is 19.1 Å². The van der Waals surface area contributed by atoms with Gasteiger partial charge in [-0.2, -0.15) is 5.26 Å². The molecule has 1 aromatic carbocycles. The Balaban J connectivity index is 0.00000106. The van der Waals surface area contributed by atoms with E-state index in [1.165, 1.54) is 0 Å². The highest BCUT2D eigenvalue weighted by atomic mass is 79.9. The van der Waals surface area contributed by atoms with Gasteiger partial charge in [-0.1, -0.05) is 41.9 Å². The number of hydrogen-bond acceptors (Lipinski definition) is 4.